The molecule has 1 fully saturated rings. The van der Waals surface area contributed by atoms with Crippen molar-refractivity contribution in [3.63, 3.8) is 0 Å². The average molecular weight is 500 g/mol. The third kappa shape index (κ3) is 4.84. The predicted molar refractivity (Wildman–Crippen MR) is 145 cm³/mol. The van der Waals surface area contributed by atoms with Gasteiger partial charge in [0.25, 0.3) is 11.7 Å². The molecule has 0 radical (unpaired) electrons. The fraction of sp³-hybridized carbons (Fsp3) is 0.290. The highest BCUT2D eigenvalue weighted by atomic mass is 16.5. The lowest BCUT2D eigenvalue weighted by atomic mass is 9.92. The lowest BCUT2D eigenvalue weighted by molar-refractivity contribution is -0.132. The van der Waals surface area contributed by atoms with Crippen LogP contribution in [-0.4, -0.2) is 30.5 Å². The molecule has 1 heterocycles. The first-order valence-electron chi connectivity index (χ1n) is 12.5. The van der Waals surface area contributed by atoms with Gasteiger partial charge in [-0.2, -0.15) is 0 Å². The van der Waals surface area contributed by atoms with Gasteiger partial charge in [0, 0.05) is 11.3 Å². The molecule has 1 unspecified atom stereocenters. The summed E-state index contributed by atoms with van der Waals surface area (Å²) < 4.78 is 11.2. The van der Waals surface area contributed by atoms with Crippen molar-refractivity contribution in [2.75, 3.05) is 18.6 Å². The molecule has 1 atom stereocenters. The number of benzene rings is 3. The molecule has 3 aromatic rings. The number of hydrogen-bond donors (Lipinski definition) is 1. The summed E-state index contributed by atoms with van der Waals surface area (Å²) in [6.45, 7) is 10.4. The highest BCUT2D eigenvalue weighted by Gasteiger charge is 2.47. The topological polar surface area (TPSA) is 76.1 Å². The largest absolute Gasteiger partial charge is 0.507 e. The maximum absolute atomic E-state index is 13.5. The molecule has 0 aromatic heterocycles. The molecule has 0 aliphatic carbocycles. The van der Waals surface area contributed by atoms with Crippen molar-refractivity contribution in [2.45, 2.75) is 46.6 Å². The molecule has 1 amide bonds. The molecule has 4 rings (SSSR count). The Bertz CT molecular complexity index is 1390. The van der Waals surface area contributed by atoms with Crippen molar-refractivity contribution in [3.8, 4) is 11.5 Å². The van der Waals surface area contributed by atoms with Crippen LogP contribution in [0.5, 0.6) is 11.5 Å². The highest BCUT2D eigenvalue weighted by Crippen LogP contribution is 2.44. The summed E-state index contributed by atoms with van der Waals surface area (Å²) in [5.41, 5.74) is 4.59. The Morgan fingerprint density at radius 3 is 2.43 bits per heavy atom. The fourth-order valence-corrected chi connectivity index (χ4v) is 4.87. The van der Waals surface area contributed by atoms with Gasteiger partial charge in [-0.3, -0.25) is 14.5 Å². The van der Waals surface area contributed by atoms with E-state index in [0.29, 0.717) is 29.2 Å². The molecule has 0 bridgehead atoms. The fourth-order valence-electron chi connectivity index (χ4n) is 4.87. The molecular weight excluding hydrogens is 466 g/mol. The predicted octanol–water partition coefficient (Wildman–Crippen LogP) is 6.46. The van der Waals surface area contributed by atoms with E-state index in [1.165, 1.54) is 4.90 Å². The maximum atomic E-state index is 13.5. The summed E-state index contributed by atoms with van der Waals surface area (Å²) in [6, 6.07) is 17.5. The van der Waals surface area contributed by atoms with E-state index in [1.807, 2.05) is 71.0 Å². The molecule has 0 saturated carbocycles. The number of ether oxygens (including phenoxy) is 2. The van der Waals surface area contributed by atoms with E-state index in [1.54, 1.807) is 31.4 Å². The van der Waals surface area contributed by atoms with Crippen LogP contribution in [0.15, 0.2) is 66.2 Å². The highest BCUT2D eigenvalue weighted by molar-refractivity contribution is 6.51. The van der Waals surface area contributed by atoms with E-state index in [4.69, 9.17) is 9.47 Å². The number of anilines is 1. The zero-order chi connectivity index (χ0) is 26.9. The lowest BCUT2D eigenvalue weighted by Gasteiger charge is -2.27. The van der Waals surface area contributed by atoms with E-state index in [-0.39, 0.29) is 17.3 Å². The van der Waals surface area contributed by atoms with E-state index >= 15 is 0 Å². The summed E-state index contributed by atoms with van der Waals surface area (Å²) >= 11 is 0. The number of carbonyl (C=O) groups is 2. The van der Waals surface area contributed by atoms with Gasteiger partial charge in [-0.15, -0.1) is 0 Å². The average Bonchev–Trinajstić information content (AvgIpc) is 3.14. The molecule has 1 N–H and O–H groups in total. The lowest BCUT2D eigenvalue weighted by Crippen LogP contribution is -2.30. The molecule has 6 nitrogen and oxygen atoms in total. The standard InChI is InChI=1S/C31H33NO5/c1-7-37-26-14-12-22(17-24(26)18(2)3)29(33)27-28(21-9-8-10-23(16-21)36-6)32(31(35)30(27)34)25-13-11-19(4)15-20(25)5/h8-18,28,33H,7H2,1-6H3/b29-27-. The summed E-state index contributed by atoms with van der Waals surface area (Å²) in [6.07, 6.45) is 0. The van der Waals surface area contributed by atoms with Gasteiger partial charge in [-0.25, -0.2) is 0 Å². The first-order valence-corrected chi connectivity index (χ1v) is 12.5. The number of Topliss-reactive ketones (excluding diaryl/α,β-unsaturated/α-hetero) is 1. The normalized spacial score (nSPS) is 16.9. The van der Waals surface area contributed by atoms with Gasteiger partial charge in [0.15, 0.2) is 0 Å². The van der Waals surface area contributed by atoms with Crippen molar-refractivity contribution in [1.29, 1.82) is 0 Å². The molecular formula is C31H33NO5. The number of aliphatic hydroxyl groups excluding tert-OH is 1. The minimum atomic E-state index is -0.828. The van der Waals surface area contributed by atoms with Crippen LogP contribution < -0.4 is 14.4 Å². The Morgan fingerprint density at radius 1 is 1.03 bits per heavy atom. The van der Waals surface area contributed by atoms with Gasteiger partial charge in [0.2, 0.25) is 0 Å². The van der Waals surface area contributed by atoms with Crippen molar-refractivity contribution in [3.05, 3.63) is 94.1 Å². The summed E-state index contributed by atoms with van der Waals surface area (Å²) in [4.78, 5) is 28.5. The summed E-state index contributed by atoms with van der Waals surface area (Å²) in [5, 5.41) is 11.6. The second kappa shape index (κ2) is 10.5. The van der Waals surface area contributed by atoms with E-state index < -0.39 is 17.7 Å². The number of amides is 1. The van der Waals surface area contributed by atoms with Crippen LogP contribution in [0.2, 0.25) is 0 Å². The maximum Gasteiger partial charge on any atom is 0.300 e. The number of nitrogens with zero attached hydrogens (tertiary/aromatic N) is 1. The molecule has 6 heteroatoms. The van der Waals surface area contributed by atoms with Gasteiger partial charge < -0.3 is 14.6 Å². The quantitative estimate of drug-likeness (QED) is 0.229. The Kier molecular flexibility index (Phi) is 7.39. The van der Waals surface area contributed by atoms with Crippen molar-refractivity contribution < 1.29 is 24.2 Å². The number of rotatable bonds is 7. The summed E-state index contributed by atoms with van der Waals surface area (Å²) in [5.74, 6) is -0.188. The van der Waals surface area contributed by atoms with E-state index in [2.05, 4.69) is 0 Å². The molecule has 37 heavy (non-hydrogen) atoms. The minimum absolute atomic E-state index is 0.0390. The number of aryl methyl sites for hydroxylation is 2. The Balaban J connectivity index is 1.96. The Labute approximate surface area is 218 Å². The third-order valence-corrected chi connectivity index (χ3v) is 6.67. The summed E-state index contributed by atoms with van der Waals surface area (Å²) in [7, 11) is 1.56. The minimum Gasteiger partial charge on any atom is -0.507 e. The number of ketones is 1. The number of aliphatic hydroxyl groups is 1. The van der Waals surface area contributed by atoms with Crippen molar-refractivity contribution in [1.82, 2.24) is 0 Å². The van der Waals surface area contributed by atoms with Crippen LogP contribution in [0, 0.1) is 13.8 Å². The second-order valence-corrected chi connectivity index (χ2v) is 9.58. The van der Waals surface area contributed by atoms with Crippen LogP contribution in [0.3, 0.4) is 0 Å². The zero-order valence-electron chi connectivity index (χ0n) is 22.2. The van der Waals surface area contributed by atoms with E-state index in [9.17, 15) is 14.7 Å². The molecule has 1 aliphatic rings. The number of carbonyl (C=O) groups excluding carboxylic acids is 2. The van der Waals surface area contributed by atoms with Gasteiger partial charge >= 0.3 is 0 Å². The Hall–Kier alpha value is -4.06. The van der Waals surface area contributed by atoms with Crippen molar-refractivity contribution >= 4 is 23.1 Å². The van der Waals surface area contributed by atoms with Gasteiger partial charge in [0.1, 0.15) is 17.3 Å². The van der Waals surface area contributed by atoms with Gasteiger partial charge in [-0.1, -0.05) is 43.7 Å². The van der Waals surface area contributed by atoms with Gasteiger partial charge in [0.05, 0.1) is 25.3 Å². The molecule has 1 saturated heterocycles. The van der Waals surface area contributed by atoms with Crippen molar-refractivity contribution in [2.24, 2.45) is 0 Å². The van der Waals surface area contributed by atoms with Crippen LogP contribution in [0.1, 0.15) is 60.5 Å². The molecule has 0 spiro atoms. The van der Waals surface area contributed by atoms with Crippen LogP contribution in [-0.2, 0) is 9.59 Å². The molecule has 1 aliphatic heterocycles. The zero-order valence-corrected chi connectivity index (χ0v) is 22.2. The van der Waals surface area contributed by atoms with Crippen LogP contribution >= 0.6 is 0 Å². The SMILES string of the molecule is CCOc1ccc(/C(O)=C2/C(=O)C(=O)N(c3ccc(C)cc3C)C2c2cccc(OC)c2)cc1C(C)C. The molecule has 192 valence electrons. The third-order valence-electron chi connectivity index (χ3n) is 6.67. The first kappa shape index (κ1) is 26.0. The smallest absolute Gasteiger partial charge is 0.300 e. The molecule has 3 aromatic carbocycles. The Morgan fingerprint density at radius 2 is 1.78 bits per heavy atom. The van der Waals surface area contributed by atoms with E-state index in [0.717, 1.165) is 22.4 Å². The second-order valence-electron chi connectivity index (χ2n) is 9.58. The van der Waals surface area contributed by atoms with Crippen LogP contribution in [0.4, 0.5) is 5.69 Å². The first-order chi connectivity index (χ1) is 17.7. The van der Waals surface area contributed by atoms with Crippen LogP contribution in [0.25, 0.3) is 5.76 Å². The monoisotopic (exact) mass is 499 g/mol. The number of hydrogen-bond acceptors (Lipinski definition) is 5. The van der Waals surface area contributed by atoms with Gasteiger partial charge in [-0.05, 0) is 79.8 Å². The number of methoxy groups -OCH3 is 1.